The molecule has 4 N–H and O–H groups in total. The van der Waals surface area contributed by atoms with Crippen molar-refractivity contribution in [3.8, 4) is 0 Å². The van der Waals surface area contributed by atoms with Gasteiger partial charge in [0.1, 0.15) is 10.1 Å². The summed E-state index contributed by atoms with van der Waals surface area (Å²) in [5.74, 6) is 0. The Bertz CT molecular complexity index is 219. The van der Waals surface area contributed by atoms with Gasteiger partial charge in [0, 0.05) is 0 Å². The zero-order valence-corrected chi connectivity index (χ0v) is 5.61. The smallest absolute Gasteiger partial charge is 0.234 e. The van der Waals surface area contributed by atoms with Gasteiger partial charge in [-0.1, -0.05) is 13.2 Å². The van der Waals surface area contributed by atoms with Crippen molar-refractivity contribution in [2.24, 2.45) is 11.5 Å². The number of hydrogen-bond acceptors (Lipinski definition) is 4. The first kappa shape index (κ1) is 8.03. The van der Waals surface area contributed by atoms with Gasteiger partial charge in [-0.15, -0.1) is 0 Å². The van der Waals surface area contributed by atoms with Crippen LogP contribution in [-0.2, 0) is 9.84 Å². The van der Waals surface area contributed by atoms with Crippen molar-refractivity contribution in [3.05, 3.63) is 23.2 Å². The summed E-state index contributed by atoms with van der Waals surface area (Å²) in [6.07, 6.45) is 0. The number of sulfone groups is 1. The summed E-state index contributed by atoms with van der Waals surface area (Å²) in [6, 6.07) is 0. The highest BCUT2D eigenvalue weighted by Crippen LogP contribution is 2.02. The van der Waals surface area contributed by atoms with E-state index < -0.39 is 19.9 Å². The highest BCUT2D eigenvalue weighted by molar-refractivity contribution is 7.98. The van der Waals surface area contributed by atoms with Gasteiger partial charge in [0.15, 0.2) is 0 Å². The first-order valence-electron chi connectivity index (χ1n) is 2.03. The van der Waals surface area contributed by atoms with Gasteiger partial charge in [-0.05, 0) is 0 Å². The zero-order valence-electron chi connectivity index (χ0n) is 4.79. The standard InChI is InChI=1S/C4H8N2O2S/c1-3(5)9(7,8)4(2)6/h1-2,5-6H2. The molecule has 4 nitrogen and oxygen atoms in total. The summed E-state index contributed by atoms with van der Waals surface area (Å²) in [5, 5.41) is -0.954. The lowest BCUT2D eigenvalue weighted by Crippen LogP contribution is -2.17. The second-order valence-corrected chi connectivity index (χ2v) is 3.49. The van der Waals surface area contributed by atoms with Crippen molar-refractivity contribution < 1.29 is 8.42 Å². The molecule has 0 unspecified atom stereocenters. The minimum Gasteiger partial charge on any atom is -0.390 e. The van der Waals surface area contributed by atoms with E-state index in [1.165, 1.54) is 0 Å². The molecule has 0 rings (SSSR count). The van der Waals surface area contributed by atoms with Crippen LogP contribution in [0, 0.1) is 0 Å². The highest BCUT2D eigenvalue weighted by Gasteiger charge is 2.13. The van der Waals surface area contributed by atoms with Gasteiger partial charge in [-0.2, -0.15) is 0 Å². The molecular weight excluding hydrogens is 140 g/mol. The van der Waals surface area contributed by atoms with Crippen molar-refractivity contribution in [2.45, 2.75) is 0 Å². The maximum absolute atomic E-state index is 10.6. The molecule has 52 valence electrons. The summed E-state index contributed by atoms with van der Waals surface area (Å²) in [6.45, 7) is 5.99. The average molecular weight is 148 g/mol. The Labute approximate surface area is 53.8 Å². The lowest BCUT2D eigenvalue weighted by molar-refractivity contribution is 0.607. The lowest BCUT2D eigenvalue weighted by Gasteiger charge is -1.98. The molecular formula is C4H8N2O2S. The monoisotopic (exact) mass is 148 g/mol. The SMILES string of the molecule is C=C(N)S(=O)(=O)C(=C)N. The van der Waals surface area contributed by atoms with Gasteiger partial charge in [0.25, 0.3) is 0 Å². The van der Waals surface area contributed by atoms with Gasteiger partial charge < -0.3 is 11.5 Å². The van der Waals surface area contributed by atoms with E-state index in [-0.39, 0.29) is 0 Å². The Morgan fingerprint density at radius 1 is 1.11 bits per heavy atom. The number of hydrogen-bond donors (Lipinski definition) is 2. The van der Waals surface area contributed by atoms with Crippen LogP contribution in [0.25, 0.3) is 0 Å². The molecule has 0 spiro atoms. The van der Waals surface area contributed by atoms with Crippen LogP contribution in [0.1, 0.15) is 0 Å². The summed E-state index contributed by atoms with van der Waals surface area (Å²) in [5.41, 5.74) is 9.70. The maximum Gasteiger partial charge on any atom is 0.234 e. The Morgan fingerprint density at radius 3 is 1.33 bits per heavy atom. The summed E-state index contributed by atoms with van der Waals surface area (Å²) in [4.78, 5) is 0. The Balaban J connectivity index is 4.87. The fourth-order valence-electron chi connectivity index (χ4n) is 0.168. The Hall–Kier alpha value is -0.970. The van der Waals surface area contributed by atoms with E-state index in [0.717, 1.165) is 0 Å². The number of rotatable bonds is 2. The van der Waals surface area contributed by atoms with Crippen LogP contribution in [0.5, 0.6) is 0 Å². The lowest BCUT2D eigenvalue weighted by atomic mass is 11.1. The van der Waals surface area contributed by atoms with E-state index in [4.69, 9.17) is 11.5 Å². The molecule has 0 heterocycles. The van der Waals surface area contributed by atoms with Crippen LogP contribution in [0.2, 0.25) is 0 Å². The van der Waals surface area contributed by atoms with Gasteiger partial charge in [0.2, 0.25) is 9.84 Å². The molecule has 0 fully saturated rings. The van der Waals surface area contributed by atoms with Crippen LogP contribution in [0.15, 0.2) is 23.2 Å². The number of nitrogens with two attached hydrogens (primary N) is 2. The predicted octanol–water partition coefficient (Wildman–Crippen LogP) is -0.739. The van der Waals surface area contributed by atoms with Crippen LogP contribution in [0.3, 0.4) is 0 Å². The van der Waals surface area contributed by atoms with E-state index in [9.17, 15) is 8.42 Å². The maximum atomic E-state index is 10.6. The van der Waals surface area contributed by atoms with Crippen molar-refractivity contribution in [1.82, 2.24) is 0 Å². The van der Waals surface area contributed by atoms with Crippen LogP contribution >= 0.6 is 0 Å². The quantitative estimate of drug-likeness (QED) is 0.540. The molecule has 0 saturated heterocycles. The summed E-state index contributed by atoms with van der Waals surface area (Å²) < 4.78 is 21.2. The minimum atomic E-state index is -3.65. The summed E-state index contributed by atoms with van der Waals surface area (Å²) >= 11 is 0. The Morgan fingerprint density at radius 2 is 1.33 bits per heavy atom. The van der Waals surface area contributed by atoms with Crippen LogP contribution < -0.4 is 11.5 Å². The third-order valence-electron chi connectivity index (χ3n) is 0.690. The molecule has 0 aliphatic heterocycles. The fourth-order valence-corrected chi connectivity index (χ4v) is 0.505. The second-order valence-electron chi connectivity index (χ2n) is 1.44. The minimum absolute atomic E-state index is 0.477. The normalized spacial score (nSPS) is 10.7. The first-order valence-corrected chi connectivity index (χ1v) is 3.51. The molecule has 0 atom stereocenters. The third-order valence-corrected chi connectivity index (χ3v) is 2.07. The topological polar surface area (TPSA) is 86.2 Å². The highest BCUT2D eigenvalue weighted by atomic mass is 32.2. The molecule has 0 aromatic rings. The van der Waals surface area contributed by atoms with E-state index in [2.05, 4.69) is 13.2 Å². The van der Waals surface area contributed by atoms with Crippen molar-refractivity contribution in [3.63, 3.8) is 0 Å². The van der Waals surface area contributed by atoms with Gasteiger partial charge in [-0.25, -0.2) is 8.42 Å². The molecule has 0 amide bonds. The molecule has 0 aromatic carbocycles. The second kappa shape index (κ2) is 2.10. The molecule has 5 heteroatoms. The van der Waals surface area contributed by atoms with E-state index >= 15 is 0 Å². The fraction of sp³-hybridized carbons (Fsp3) is 0. The van der Waals surface area contributed by atoms with E-state index in [0.29, 0.717) is 0 Å². The molecule has 0 saturated carbocycles. The molecule has 0 aliphatic carbocycles. The van der Waals surface area contributed by atoms with Crippen LogP contribution in [0.4, 0.5) is 0 Å². The largest absolute Gasteiger partial charge is 0.390 e. The first-order chi connectivity index (χ1) is 3.89. The van der Waals surface area contributed by atoms with Gasteiger partial charge in [-0.3, -0.25) is 0 Å². The Kier molecular flexibility index (Phi) is 1.87. The summed E-state index contributed by atoms with van der Waals surface area (Å²) in [7, 11) is -3.65. The van der Waals surface area contributed by atoms with Crippen molar-refractivity contribution >= 4 is 9.84 Å². The van der Waals surface area contributed by atoms with E-state index in [1.807, 2.05) is 0 Å². The zero-order chi connectivity index (χ0) is 7.65. The average Bonchev–Trinajstić information content (AvgIpc) is 1.65. The van der Waals surface area contributed by atoms with Crippen molar-refractivity contribution in [1.29, 1.82) is 0 Å². The van der Waals surface area contributed by atoms with Crippen molar-refractivity contribution in [2.75, 3.05) is 0 Å². The van der Waals surface area contributed by atoms with Crippen LogP contribution in [-0.4, -0.2) is 8.42 Å². The molecule has 0 bridgehead atoms. The predicted molar refractivity (Wildman–Crippen MR) is 35.6 cm³/mol. The van der Waals surface area contributed by atoms with Gasteiger partial charge >= 0.3 is 0 Å². The third kappa shape index (κ3) is 1.46. The molecule has 0 aromatic heterocycles. The van der Waals surface area contributed by atoms with Gasteiger partial charge in [0.05, 0.1) is 0 Å². The molecule has 0 radical (unpaired) electrons. The van der Waals surface area contributed by atoms with E-state index in [1.54, 1.807) is 0 Å². The molecule has 0 aliphatic rings. The molecule has 9 heavy (non-hydrogen) atoms.